The molecule has 3 heterocycles. The Hall–Kier alpha value is -3.14. The van der Waals surface area contributed by atoms with Crippen LogP contribution in [0.1, 0.15) is 29.8 Å². The molecule has 2 aliphatic heterocycles. The second-order valence-corrected chi connectivity index (χ2v) is 7.52. The fourth-order valence-corrected chi connectivity index (χ4v) is 4.15. The summed E-state index contributed by atoms with van der Waals surface area (Å²) in [5, 5.41) is 0.603. The molecule has 1 fully saturated rings. The molecule has 1 saturated heterocycles. The van der Waals surface area contributed by atoms with E-state index in [1.807, 2.05) is 42.5 Å². The molecule has 30 heavy (non-hydrogen) atoms. The number of methoxy groups -OCH3 is 1. The number of fused-ring (bicyclic) bond motifs is 2. The number of aromatic nitrogens is 2. The van der Waals surface area contributed by atoms with Crippen LogP contribution in [0, 0.1) is 11.8 Å². The maximum absolute atomic E-state index is 13.1. The van der Waals surface area contributed by atoms with E-state index in [2.05, 4.69) is 11.8 Å². The van der Waals surface area contributed by atoms with Gasteiger partial charge in [-0.1, -0.05) is 24.0 Å². The number of benzene rings is 2. The van der Waals surface area contributed by atoms with E-state index < -0.39 is 5.79 Å². The average molecular weight is 402 g/mol. The Morgan fingerprint density at radius 2 is 1.93 bits per heavy atom. The summed E-state index contributed by atoms with van der Waals surface area (Å²) < 4.78 is 18.8. The lowest BCUT2D eigenvalue weighted by Crippen LogP contribution is -2.31. The van der Waals surface area contributed by atoms with E-state index in [4.69, 9.17) is 19.2 Å². The Kier molecular flexibility index (Phi) is 4.78. The van der Waals surface area contributed by atoms with Crippen molar-refractivity contribution in [1.29, 1.82) is 0 Å². The van der Waals surface area contributed by atoms with Crippen molar-refractivity contribution >= 4 is 10.9 Å². The Labute approximate surface area is 174 Å². The molecule has 0 radical (unpaired) electrons. The first-order chi connectivity index (χ1) is 14.7. The fourth-order valence-electron chi connectivity index (χ4n) is 4.15. The molecule has 0 aliphatic carbocycles. The minimum absolute atomic E-state index is 0.0192. The van der Waals surface area contributed by atoms with E-state index >= 15 is 0 Å². The highest BCUT2D eigenvalue weighted by atomic mass is 16.7. The molecule has 6 heteroatoms. The van der Waals surface area contributed by atoms with Gasteiger partial charge in [0.25, 0.3) is 5.56 Å². The number of hydrogen-bond acceptors (Lipinski definition) is 5. The van der Waals surface area contributed by atoms with Crippen molar-refractivity contribution in [3.63, 3.8) is 0 Å². The number of rotatable bonds is 1. The highest BCUT2D eigenvalue weighted by molar-refractivity contribution is 5.79. The van der Waals surface area contributed by atoms with Gasteiger partial charge in [-0.3, -0.25) is 9.36 Å². The van der Waals surface area contributed by atoms with Gasteiger partial charge < -0.3 is 14.2 Å². The maximum Gasteiger partial charge on any atom is 0.261 e. The Morgan fingerprint density at radius 1 is 1.10 bits per heavy atom. The molecule has 152 valence electrons. The van der Waals surface area contributed by atoms with Gasteiger partial charge >= 0.3 is 0 Å². The summed E-state index contributed by atoms with van der Waals surface area (Å²) in [7, 11) is 1.63. The molecule has 0 bridgehead atoms. The van der Waals surface area contributed by atoms with E-state index in [-0.39, 0.29) is 5.56 Å². The van der Waals surface area contributed by atoms with E-state index in [0.29, 0.717) is 49.9 Å². The smallest absolute Gasteiger partial charge is 0.261 e. The van der Waals surface area contributed by atoms with Crippen LogP contribution in [-0.2, 0) is 22.4 Å². The van der Waals surface area contributed by atoms with Crippen LogP contribution in [-0.4, -0.2) is 35.7 Å². The first kappa shape index (κ1) is 18.9. The first-order valence-electron chi connectivity index (χ1n) is 10.1. The number of para-hydroxylation sites is 1. The van der Waals surface area contributed by atoms with Crippen LogP contribution >= 0.6 is 0 Å². The lowest BCUT2D eigenvalue weighted by Gasteiger charge is -2.24. The molecule has 2 aromatic carbocycles. The van der Waals surface area contributed by atoms with Crippen LogP contribution in [0.15, 0.2) is 47.3 Å². The molecule has 1 aromatic heterocycles. The summed E-state index contributed by atoms with van der Waals surface area (Å²) in [6, 6.07) is 13.2. The largest absolute Gasteiger partial charge is 0.495 e. The summed E-state index contributed by atoms with van der Waals surface area (Å²) >= 11 is 0. The van der Waals surface area contributed by atoms with Crippen LogP contribution < -0.4 is 10.3 Å². The second kappa shape index (κ2) is 7.60. The molecule has 6 nitrogen and oxygen atoms in total. The zero-order chi connectivity index (χ0) is 20.6. The minimum Gasteiger partial charge on any atom is -0.495 e. The predicted octanol–water partition coefficient (Wildman–Crippen LogP) is 2.88. The summed E-state index contributed by atoms with van der Waals surface area (Å²) in [6.07, 6.45) is 2.01. The lowest BCUT2D eigenvalue weighted by atomic mass is 10.1. The van der Waals surface area contributed by atoms with E-state index in [0.717, 1.165) is 22.7 Å². The van der Waals surface area contributed by atoms with Gasteiger partial charge in [0.15, 0.2) is 5.79 Å². The monoisotopic (exact) mass is 402 g/mol. The standard InChI is InChI=1S/C24H22N2O4/c1-28-21-5-3-2-4-18(21)8-6-17-7-9-19-20(16-17)25-22-10-11-24(29-14-15-30-24)12-13-26(22)23(19)27/h2-5,7,9,16H,10-15H2,1H3. The molecule has 0 N–H and O–H groups in total. The van der Waals surface area contributed by atoms with Gasteiger partial charge in [0.2, 0.25) is 0 Å². The minimum atomic E-state index is -0.572. The van der Waals surface area contributed by atoms with Gasteiger partial charge in [-0.15, -0.1) is 0 Å². The third-order valence-corrected chi connectivity index (χ3v) is 5.74. The van der Waals surface area contributed by atoms with Crippen LogP contribution in [0.4, 0.5) is 0 Å². The van der Waals surface area contributed by atoms with Crippen molar-refractivity contribution in [3.05, 3.63) is 69.8 Å². The van der Waals surface area contributed by atoms with Gasteiger partial charge in [0.1, 0.15) is 11.6 Å². The maximum atomic E-state index is 13.1. The van der Waals surface area contributed by atoms with Crippen molar-refractivity contribution < 1.29 is 14.2 Å². The van der Waals surface area contributed by atoms with Gasteiger partial charge in [0, 0.05) is 31.4 Å². The second-order valence-electron chi connectivity index (χ2n) is 7.52. The van der Waals surface area contributed by atoms with Crippen molar-refractivity contribution in [1.82, 2.24) is 9.55 Å². The highest BCUT2D eigenvalue weighted by Gasteiger charge is 2.38. The highest BCUT2D eigenvalue weighted by Crippen LogP contribution is 2.31. The van der Waals surface area contributed by atoms with E-state index in [9.17, 15) is 4.79 Å². The molecule has 1 spiro atoms. The van der Waals surface area contributed by atoms with Gasteiger partial charge in [-0.25, -0.2) is 4.98 Å². The molecule has 0 unspecified atom stereocenters. The van der Waals surface area contributed by atoms with E-state index in [1.54, 1.807) is 11.7 Å². The number of nitrogens with zero attached hydrogens (tertiary/aromatic N) is 2. The lowest BCUT2D eigenvalue weighted by molar-refractivity contribution is -0.165. The number of ether oxygens (including phenoxy) is 3. The van der Waals surface area contributed by atoms with Gasteiger partial charge in [0.05, 0.1) is 36.8 Å². The third kappa shape index (κ3) is 3.36. The van der Waals surface area contributed by atoms with Crippen molar-refractivity contribution in [3.8, 4) is 17.6 Å². The Bertz CT molecular complexity index is 1230. The summed E-state index contributed by atoms with van der Waals surface area (Å²) in [4.78, 5) is 17.9. The molecular formula is C24H22N2O4. The Balaban J connectivity index is 1.51. The van der Waals surface area contributed by atoms with Crippen LogP contribution in [0.25, 0.3) is 10.9 Å². The van der Waals surface area contributed by atoms with Crippen molar-refractivity contribution in [2.75, 3.05) is 20.3 Å². The van der Waals surface area contributed by atoms with Crippen LogP contribution in [0.5, 0.6) is 5.75 Å². The van der Waals surface area contributed by atoms with Gasteiger partial charge in [-0.2, -0.15) is 0 Å². The normalized spacial score (nSPS) is 17.2. The van der Waals surface area contributed by atoms with Crippen molar-refractivity contribution in [2.24, 2.45) is 0 Å². The molecule has 0 saturated carbocycles. The molecular weight excluding hydrogens is 380 g/mol. The van der Waals surface area contributed by atoms with Gasteiger partial charge in [-0.05, 0) is 30.3 Å². The zero-order valence-corrected chi connectivity index (χ0v) is 16.8. The number of aryl methyl sites for hydroxylation is 1. The molecule has 0 amide bonds. The van der Waals surface area contributed by atoms with E-state index in [1.165, 1.54) is 0 Å². The van der Waals surface area contributed by atoms with Crippen molar-refractivity contribution in [2.45, 2.75) is 31.6 Å². The summed E-state index contributed by atoms with van der Waals surface area (Å²) in [6.45, 7) is 1.76. The van der Waals surface area contributed by atoms with Crippen LogP contribution in [0.2, 0.25) is 0 Å². The molecule has 0 atom stereocenters. The summed E-state index contributed by atoms with van der Waals surface area (Å²) in [5.74, 6) is 7.24. The summed E-state index contributed by atoms with van der Waals surface area (Å²) in [5.41, 5.74) is 2.27. The molecule has 3 aromatic rings. The topological polar surface area (TPSA) is 62.6 Å². The van der Waals surface area contributed by atoms with Crippen LogP contribution in [0.3, 0.4) is 0 Å². The third-order valence-electron chi connectivity index (χ3n) is 5.74. The zero-order valence-electron chi connectivity index (χ0n) is 16.8. The number of hydrogen-bond donors (Lipinski definition) is 0. The molecule has 2 aliphatic rings. The average Bonchev–Trinajstić information content (AvgIpc) is 3.16. The predicted molar refractivity (Wildman–Crippen MR) is 113 cm³/mol. The molecule has 5 rings (SSSR count). The quantitative estimate of drug-likeness (QED) is 0.586. The Morgan fingerprint density at radius 3 is 2.77 bits per heavy atom. The fraction of sp³-hybridized carbons (Fsp3) is 0.333. The SMILES string of the molecule is COc1ccccc1C#Cc1ccc2c(=O)n3c(nc2c1)CCC1(CC3)OCCO1. The first-order valence-corrected chi connectivity index (χ1v) is 10.1.